The van der Waals surface area contributed by atoms with Crippen molar-refractivity contribution in [1.29, 1.82) is 0 Å². The zero-order valence-electron chi connectivity index (χ0n) is 13.4. The third-order valence-electron chi connectivity index (χ3n) is 3.76. The highest BCUT2D eigenvalue weighted by atomic mass is 32.2. The summed E-state index contributed by atoms with van der Waals surface area (Å²) < 4.78 is 2.92. The molecule has 132 valence electrons. The molecular formula is C14H22N6O2S2. The van der Waals surface area contributed by atoms with Crippen LogP contribution in [-0.2, 0) is 16.1 Å². The second-order valence-electron chi connectivity index (χ2n) is 5.32. The van der Waals surface area contributed by atoms with Crippen LogP contribution in [-0.4, -0.2) is 47.9 Å². The van der Waals surface area contributed by atoms with Crippen LogP contribution in [0.25, 0.3) is 0 Å². The van der Waals surface area contributed by atoms with Gasteiger partial charge in [0.15, 0.2) is 5.84 Å². The molecule has 1 aliphatic rings. The molecule has 0 saturated carbocycles. The number of hydrazone groups is 1. The number of amidine groups is 1. The summed E-state index contributed by atoms with van der Waals surface area (Å²) in [4.78, 5) is 27.0. The molecule has 0 spiro atoms. The molecule has 1 aliphatic heterocycles. The SMILES string of the molecule is CSNCC(=O)N1CCCC1C(=O)NCc1csc(/C(N)=N/N)c1. The van der Waals surface area contributed by atoms with Crippen molar-refractivity contribution < 1.29 is 9.59 Å². The van der Waals surface area contributed by atoms with Crippen molar-refractivity contribution in [3.63, 3.8) is 0 Å². The molecule has 0 bridgehead atoms. The summed E-state index contributed by atoms with van der Waals surface area (Å²) in [6.45, 7) is 1.24. The van der Waals surface area contributed by atoms with Gasteiger partial charge in [0, 0.05) is 13.1 Å². The average molecular weight is 371 g/mol. The number of nitrogens with one attached hydrogen (secondary N) is 2. The molecule has 1 aromatic heterocycles. The van der Waals surface area contributed by atoms with E-state index in [2.05, 4.69) is 15.1 Å². The fourth-order valence-electron chi connectivity index (χ4n) is 2.55. The van der Waals surface area contributed by atoms with Gasteiger partial charge in [0.2, 0.25) is 11.8 Å². The molecule has 10 heteroatoms. The van der Waals surface area contributed by atoms with Crippen LogP contribution in [0, 0.1) is 0 Å². The van der Waals surface area contributed by atoms with Gasteiger partial charge in [-0.1, -0.05) is 11.9 Å². The van der Waals surface area contributed by atoms with Crippen LogP contribution < -0.4 is 21.6 Å². The maximum atomic E-state index is 12.4. The first kappa shape index (κ1) is 18.6. The largest absolute Gasteiger partial charge is 0.381 e. The van der Waals surface area contributed by atoms with Crippen molar-refractivity contribution in [2.75, 3.05) is 19.3 Å². The highest BCUT2D eigenvalue weighted by molar-refractivity contribution is 7.96. The Morgan fingerprint density at radius 2 is 2.33 bits per heavy atom. The van der Waals surface area contributed by atoms with E-state index in [-0.39, 0.29) is 24.2 Å². The molecule has 2 heterocycles. The molecule has 2 amide bonds. The van der Waals surface area contributed by atoms with Crippen LogP contribution in [0.15, 0.2) is 16.5 Å². The Morgan fingerprint density at radius 3 is 3.04 bits per heavy atom. The van der Waals surface area contributed by atoms with Gasteiger partial charge in [0.25, 0.3) is 0 Å². The van der Waals surface area contributed by atoms with Crippen LogP contribution >= 0.6 is 23.3 Å². The zero-order valence-corrected chi connectivity index (χ0v) is 15.1. The number of hydrogen-bond donors (Lipinski definition) is 4. The quantitative estimate of drug-likeness (QED) is 0.173. The minimum atomic E-state index is -0.394. The van der Waals surface area contributed by atoms with E-state index in [0.717, 1.165) is 16.9 Å². The lowest BCUT2D eigenvalue weighted by Gasteiger charge is -2.24. The fourth-order valence-corrected chi connectivity index (χ4v) is 3.64. The molecule has 1 fully saturated rings. The van der Waals surface area contributed by atoms with Gasteiger partial charge in [0.05, 0.1) is 11.4 Å². The molecule has 1 unspecified atom stereocenters. The number of carbonyl (C=O) groups is 2. The maximum absolute atomic E-state index is 12.4. The molecule has 8 nitrogen and oxygen atoms in total. The summed E-state index contributed by atoms with van der Waals surface area (Å²) in [5.41, 5.74) is 6.58. The Bertz CT molecular complexity index is 618. The normalized spacial score (nSPS) is 18.0. The number of carbonyl (C=O) groups excluding carboxylic acids is 2. The Labute approximate surface area is 149 Å². The molecule has 6 N–H and O–H groups in total. The van der Waals surface area contributed by atoms with Crippen molar-refractivity contribution in [2.45, 2.75) is 25.4 Å². The molecule has 24 heavy (non-hydrogen) atoms. The number of hydrogen-bond acceptors (Lipinski definition) is 7. The predicted molar refractivity (Wildman–Crippen MR) is 97.3 cm³/mol. The molecule has 1 aromatic rings. The molecule has 0 aromatic carbocycles. The minimum Gasteiger partial charge on any atom is -0.381 e. The first-order chi connectivity index (χ1) is 11.6. The van der Waals surface area contributed by atoms with Gasteiger partial charge in [-0.25, -0.2) is 0 Å². The second kappa shape index (κ2) is 8.90. The monoisotopic (exact) mass is 370 g/mol. The average Bonchev–Trinajstić information content (AvgIpc) is 3.26. The third-order valence-corrected chi connectivity index (χ3v) is 5.19. The van der Waals surface area contributed by atoms with E-state index in [1.165, 1.54) is 23.3 Å². The lowest BCUT2D eigenvalue weighted by Crippen LogP contribution is -2.47. The van der Waals surface area contributed by atoms with Gasteiger partial charge in [-0.3, -0.25) is 14.3 Å². The van der Waals surface area contributed by atoms with Crippen molar-refractivity contribution in [3.8, 4) is 0 Å². The number of likely N-dealkylation sites (tertiary alicyclic amines) is 1. The van der Waals surface area contributed by atoms with Gasteiger partial charge in [0.1, 0.15) is 6.04 Å². The highest BCUT2D eigenvalue weighted by Crippen LogP contribution is 2.18. The van der Waals surface area contributed by atoms with Crippen LogP contribution in [0.3, 0.4) is 0 Å². The molecule has 1 saturated heterocycles. The van der Waals surface area contributed by atoms with Crippen LogP contribution in [0.4, 0.5) is 0 Å². The van der Waals surface area contributed by atoms with Gasteiger partial charge >= 0.3 is 0 Å². The third kappa shape index (κ3) is 4.62. The van der Waals surface area contributed by atoms with Gasteiger partial charge in [-0.05, 0) is 36.1 Å². The van der Waals surface area contributed by atoms with E-state index in [9.17, 15) is 9.59 Å². The van der Waals surface area contributed by atoms with Crippen molar-refractivity contribution >= 4 is 40.9 Å². The Balaban J connectivity index is 1.89. The zero-order chi connectivity index (χ0) is 17.5. The van der Waals surface area contributed by atoms with Crippen LogP contribution in [0.1, 0.15) is 23.3 Å². The fraction of sp³-hybridized carbons (Fsp3) is 0.500. The van der Waals surface area contributed by atoms with Crippen molar-refractivity contribution in [1.82, 2.24) is 14.9 Å². The van der Waals surface area contributed by atoms with E-state index in [4.69, 9.17) is 11.6 Å². The number of rotatable bonds is 7. The topological polar surface area (TPSA) is 126 Å². The number of thiophene rings is 1. The van der Waals surface area contributed by atoms with E-state index >= 15 is 0 Å². The maximum Gasteiger partial charge on any atom is 0.243 e. The lowest BCUT2D eigenvalue weighted by molar-refractivity contribution is -0.137. The van der Waals surface area contributed by atoms with Crippen molar-refractivity contribution in [3.05, 3.63) is 21.9 Å². The standard InChI is InChI=1S/C14H22N6O2S2/c1-23-18-7-12(21)20-4-2-3-10(20)14(22)17-6-9-5-11(24-8-9)13(15)19-16/h5,8,10,18H,2-4,6-7,16H2,1H3,(H2,15,19)(H,17,22). The highest BCUT2D eigenvalue weighted by Gasteiger charge is 2.33. The molecule has 2 rings (SSSR count). The van der Waals surface area contributed by atoms with E-state index in [0.29, 0.717) is 19.5 Å². The smallest absolute Gasteiger partial charge is 0.243 e. The first-order valence-corrected chi connectivity index (χ1v) is 9.61. The summed E-state index contributed by atoms with van der Waals surface area (Å²) in [7, 11) is 0. The number of nitrogens with zero attached hydrogens (tertiary/aromatic N) is 2. The molecule has 1 atom stereocenters. The van der Waals surface area contributed by atoms with Gasteiger partial charge in [-0.15, -0.1) is 11.3 Å². The van der Waals surface area contributed by atoms with E-state index in [1.807, 2.05) is 17.7 Å². The lowest BCUT2D eigenvalue weighted by atomic mass is 10.2. The Hall–Kier alpha value is -1.78. The number of amides is 2. The van der Waals surface area contributed by atoms with Crippen LogP contribution in [0.5, 0.6) is 0 Å². The number of nitrogens with two attached hydrogens (primary N) is 2. The second-order valence-corrected chi connectivity index (χ2v) is 6.93. The van der Waals surface area contributed by atoms with Crippen molar-refractivity contribution in [2.24, 2.45) is 16.7 Å². The summed E-state index contributed by atoms with van der Waals surface area (Å²) in [5, 5.41) is 8.23. The van der Waals surface area contributed by atoms with Gasteiger partial charge in [-0.2, -0.15) is 5.10 Å². The van der Waals surface area contributed by atoms with E-state index in [1.54, 1.807) is 4.90 Å². The Morgan fingerprint density at radius 1 is 1.54 bits per heavy atom. The van der Waals surface area contributed by atoms with Gasteiger partial charge < -0.3 is 21.8 Å². The summed E-state index contributed by atoms with van der Waals surface area (Å²) in [5.74, 6) is 5.25. The molecular weight excluding hydrogens is 348 g/mol. The first-order valence-electron chi connectivity index (χ1n) is 7.51. The molecule has 0 radical (unpaired) electrons. The summed E-state index contributed by atoms with van der Waals surface area (Å²) >= 11 is 2.81. The van der Waals surface area contributed by atoms with Crippen LogP contribution in [0.2, 0.25) is 0 Å². The summed E-state index contributed by atoms with van der Waals surface area (Å²) in [6, 6.07) is 1.45. The Kier molecular flexibility index (Phi) is 6.88. The molecule has 0 aliphatic carbocycles. The predicted octanol–water partition coefficient (Wildman–Crippen LogP) is -0.198. The van der Waals surface area contributed by atoms with E-state index < -0.39 is 6.04 Å². The minimum absolute atomic E-state index is 0.0493. The summed E-state index contributed by atoms with van der Waals surface area (Å²) in [6.07, 6.45) is 3.40.